The standard InChI is InChI=1S/C59H114O6/c1-6-7-8-9-10-11-12-13-14-15-16-17-20-23-29-34-39-44-49-57(60)63-52-56(65-59(62)51-46-41-36-31-26-25-28-33-38-43-48-55(4)5)53-64-58(61)50-45-40-35-30-24-21-18-19-22-27-32-37-42-47-54(2)3/h54-56H,6-53H2,1-5H3/t56-/m0/s1. The van der Waals surface area contributed by atoms with Crippen LogP contribution in [0, 0.1) is 11.8 Å². The predicted octanol–water partition coefficient (Wildman–Crippen LogP) is 19.3. The first-order chi connectivity index (χ1) is 31.7. The summed E-state index contributed by atoms with van der Waals surface area (Å²) in [4.78, 5) is 38.1. The minimum absolute atomic E-state index is 0.0628. The maximum atomic E-state index is 12.8. The van der Waals surface area contributed by atoms with Gasteiger partial charge in [0.15, 0.2) is 6.10 Å². The van der Waals surface area contributed by atoms with Gasteiger partial charge in [-0.05, 0) is 31.1 Å². The highest BCUT2D eigenvalue weighted by Gasteiger charge is 2.19. The van der Waals surface area contributed by atoms with Crippen LogP contribution in [0.25, 0.3) is 0 Å². The van der Waals surface area contributed by atoms with Crippen molar-refractivity contribution in [2.75, 3.05) is 13.2 Å². The van der Waals surface area contributed by atoms with E-state index in [9.17, 15) is 14.4 Å². The van der Waals surface area contributed by atoms with E-state index in [0.717, 1.165) is 69.6 Å². The lowest BCUT2D eigenvalue weighted by Gasteiger charge is -2.18. The van der Waals surface area contributed by atoms with Gasteiger partial charge < -0.3 is 14.2 Å². The normalized spacial score (nSPS) is 12.0. The highest BCUT2D eigenvalue weighted by Crippen LogP contribution is 2.18. The smallest absolute Gasteiger partial charge is 0.306 e. The van der Waals surface area contributed by atoms with Crippen molar-refractivity contribution >= 4 is 17.9 Å². The number of hydrogen-bond donors (Lipinski definition) is 0. The predicted molar refractivity (Wildman–Crippen MR) is 280 cm³/mol. The summed E-state index contributed by atoms with van der Waals surface area (Å²) in [6, 6.07) is 0. The molecule has 65 heavy (non-hydrogen) atoms. The Morgan fingerprint density at radius 3 is 0.754 bits per heavy atom. The second kappa shape index (κ2) is 51.8. The maximum Gasteiger partial charge on any atom is 0.306 e. The van der Waals surface area contributed by atoms with E-state index in [1.165, 1.54) is 218 Å². The van der Waals surface area contributed by atoms with E-state index < -0.39 is 6.10 Å². The summed E-state index contributed by atoms with van der Waals surface area (Å²) in [5, 5.41) is 0. The van der Waals surface area contributed by atoms with E-state index in [1.54, 1.807) is 0 Å². The van der Waals surface area contributed by atoms with E-state index in [-0.39, 0.29) is 31.1 Å². The molecule has 0 aromatic carbocycles. The van der Waals surface area contributed by atoms with Crippen molar-refractivity contribution in [2.45, 2.75) is 336 Å². The van der Waals surface area contributed by atoms with Gasteiger partial charge in [0.05, 0.1) is 0 Å². The molecular weight excluding hydrogens is 805 g/mol. The van der Waals surface area contributed by atoms with Crippen LogP contribution in [0.5, 0.6) is 0 Å². The summed E-state index contributed by atoms with van der Waals surface area (Å²) in [5.74, 6) is 0.816. The zero-order valence-corrected chi connectivity index (χ0v) is 44.6. The van der Waals surface area contributed by atoms with Gasteiger partial charge in [0.2, 0.25) is 0 Å². The van der Waals surface area contributed by atoms with Crippen LogP contribution in [-0.2, 0) is 28.6 Å². The third-order valence-corrected chi connectivity index (χ3v) is 13.5. The fourth-order valence-electron chi connectivity index (χ4n) is 9.05. The zero-order valence-electron chi connectivity index (χ0n) is 44.6. The minimum atomic E-state index is -0.763. The molecule has 0 aliphatic carbocycles. The van der Waals surface area contributed by atoms with Crippen LogP contribution >= 0.6 is 0 Å². The van der Waals surface area contributed by atoms with Gasteiger partial charge in [-0.2, -0.15) is 0 Å². The molecule has 0 saturated carbocycles. The van der Waals surface area contributed by atoms with Crippen molar-refractivity contribution < 1.29 is 28.6 Å². The minimum Gasteiger partial charge on any atom is -0.462 e. The molecule has 0 radical (unpaired) electrons. The first-order valence-electron chi connectivity index (χ1n) is 29.2. The molecular formula is C59H114O6. The molecule has 0 spiro atoms. The third-order valence-electron chi connectivity index (χ3n) is 13.5. The third kappa shape index (κ3) is 53.2. The highest BCUT2D eigenvalue weighted by molar-refractivity contribution is 5.71. The Labute approximate surface area is 406 Å². The Bertz CT molecular complexity index is 993. The van der Waals surface area contributed by atoms with Crippen LogP contribution in [0.2, 0.25) is 0 Å². The van der Waals surface area contributed by atoms with Gasteiger partial charge in [-0.1, -0.05) is 291 Å². The summed E-state index contributed by atoms with van der Waals surface area (Å²) < 4.78 is 16.9. The van der Waals surface area contributed by atoms with Gasteiger partial charge in [0, 0.05) is 19.3 Å². The van der Waals surface area contributed by atoms with E-state index in [0.29, 0.717) is 19.3 Å². The molecule has 0 aromatic rings. The van der Waals surface area contributed by atoms with Crippen LogP contribution < -0.4 is 0 Å². The maximum absolute atomic E-state index is 12.8. The Morgan fingerprint density at radius 2 is 0.508 bits per heavy atom. The van der Waals surface area contributed by atoms with Gasteiger partial charge in [-0.15, -0.1) is 0 Å². The van der Waals surface area contributed by atoms with Crippen LogP contribution in [0.15, 0.2) is 0 Å². The number of rotatable bonds is 53. The van der Waals surface area contributed by atoms with E-state index in [2.05, 4.69) is 34.6 Å². The Hall–Kier alpha value is -1.59. The van der Waals surface area contributed by atoms with E-state index in [4.69, 9.17) is 14.2 Å². The van der Waals surface area contributed by atoms with Crippen LogP contribution in [-0.4, -0.2) is 37.2 Å². The van der Waals surface area contributed by atoms with Crippen LogP contribution in [0.3, 0.4) is 0 Å². The number of esters is 3. The summed E-state index contributed by atoms with van der Waals surface area (Å²) in [6.07, 6.45) is 55.2. The number of carbonyl (C=O) groups is 3. The Morgan fingerprint density at radius 1 is 0.292 bits per heavy atom. The van der Waals surface area contributed by atoms with E-state index >= 15 is 0 Å². The zero-order chi connectivity index (χ0) is 47.5. The average Bonchev–Trinajstić information content (AvgIpc) is 3.28. The van der Waals surface area contributed by atoms with Crippen molar-refractivity contribution in [1.82, 2.24) is 0 Å². The molecule has 0 rings (SSSR count). The molecule has 0 unspecified atom stereocenters. The Kier molecular flexibility index (Phi) is 50.5. The number of ether oxygens (including phenoxy) is 3. The molecule has 0 aliphatic heterocycles. The fourth-order valence-corrected chi connectivity index (χ4v) is 9.05. The van der Waals surface area contributed by atoms with Crippen LogP contribution in [0.1, 0.15) is 330 Å². The van der Waals surface area contributed by atoms with Crippen LogP contribution in [0.4, 0.5) is 0 Å². The first-order valence-corrected chi connectivity index (χ1v) is 29.2. The van der Waals surface area contributed by atoms with Gasteiger partial charge in [0.25, 0.3) is 0 Å². The second-order valence-corrected chi connectivity index (χ2v) is 21.2. The molecule has 0 bridgehead atoms. The van der Waals surface area contributed by atoms with Gasteiger partial charge in [-0.25, -0.2) is 0 Å². The van der Waals surface area contributed by atoms with E-state index in [1.807, 2.05) is 0 Å². The number of hydrogen-bond acceptors (Lipinski definition) is 6. The summed E-state index contributed by atoms with van der Waals surface area (Å²) in [6.45, 7) is 11.4. The van der Waals surface area contributed by atoms with Crippen molar-refractivity contribution in [3.63, 3.8) is 0 Å². The highest BCUT2D eigenvalue weighted by atomic mass is 16.6. The molecule has 0 N–H and O–H groups in total. The van der Waals surface area contributed by atoms with Crippen molar-refractivity contribution in [3.05, 3.63) is 0 Å². The molecule has 1 atom stereocenters. The molecule has 0 aromatic heterocycles. The lowest BCUT2D eigenvalue weighted by Crippen LogP contribution is -2.30. The van der Waals surface area contributed by atoms with Crippen molar-refractivity contribution in [3.8, 4) is 0 Å². The second-order valence-electron chi connectivity index (χ2n) is 21.2. The number of unbranched alkanes of at least 4 members (excludes halogenated alkanes) is 38. The van der Waals surface area contributed by atoms with Crippen molar-refractivity contribution in [2.24, 2.45) is 11.8 Å². The molecule has 0 saturated heterocycles. The van der Waals surface area contributed by atoms with Gasteiger partial charge in [0.1, 0.15) is 13.2 Å². The molecule has 0 fully saturated rings. The largest absolute Gasteiger partial charge is 0.462 e. The monoisotopic (exact) mass is 919 g/mol. The van der Waals surface area contributed by atoms with Crippen molar-refractivity contribution in [1.29, 1.82) is 0 Å². The number of carbonyl (C=O) groups excluding carboxylic acids is 3. The molecule has 6 nitrogen and oxygen atoms in total. The first kappa shape index (κ1) is 63.4. The molecule has 0 heterocycles. The fraction of sp³-hybridized carbons (Fsp3) is 0.949. The van der Waals surface area contributed by atoms with Gasteiger partial charge >= 0.3 is 17.9 Å². The summed E-state index contributed by atoms with van der Waals surface area (Å²) in [5.41, 5.74) is 0. The SMILES string of the molecule is CCCCCCCCCCCCCCCCCCCCC(=O)OC[C@@H](COC(=O)CCCCCCCCCCCCCCCC(C)C)OC(=O)CCCCCCCCCCCCC(C)C. The summed E-state index contributed by atoms with van der Waals surface area (Å²) in [7, 11) is 0. The average molecular weight is 920 g/mol. The lowest BCUT2D eigenvalue weighted by atomic mass is 10.0. The molecule has 0 amide bonds. The quantitative estimate of drug-likeness (QED) is 0.0344. The molecule has 0 aliphatic rings. The molecule has 386 valence electrons. The van der Waals surface area contributed by atoms with Gasteiger partial charge in [-0.3, -0.25) is 14.4 Å². The summed E-state index contributed by atoms with van der Waals surface area (Å²) >= 11 is 0. The molecule has 6 heteroatoms. The Balaban J connectivity index is 4.27. The topological polar surface area (TPSA) is 78.9 Å². The lowest BCUT2D eigenvalue weighted by molar-refractivity contribution is -0.167.